The molecule has 1 aromatic rings. The average Bonchev–Trinajstić information content (AvgIpc) is 2.46. The molecular formula is C15H21ClF2N2O2. The first-order valence-electron chi connectivity index (χ1n) is 7.00. The summed E-state index contributed by atoms with van der Waals surface area (Å²) in [4.78, 5) is 12.0. The third-order valence-corrected chi connectivity index (χ3v) is 3.93. The first kappa shape index (κ1) is 18.8. The van der Waals surface area contributed by atoms with Gasteiger partial charge in [0.1, 0.15) is 17.2 Å². The van der Waals surface area contributed by atoms with Crippen LogP contribution in [-0.4, -0.2) is 39.3 Å². The summed E-state index contributed by atoms with van der Waals surface area (Å²) in [6.45, 7) is 2.53. The van der Waals surface area contributed by atoms with Crippen molar-refractivity contribution in [2.45, 2.75) is 12.8 Å². The molecule has 2 N–H and O–H groups in total. The Kier molecular flexibility index (Phi) is 7.19. The predicted octanol–water partition coefficient (Wildman–Crippen LogP) is 2.13. The van der Waals surface area contributed by atoms with Gasteiger partial charge in [0.05, 0.1) is 6.61 Å². The highest BCUT2D eigenvalue weighted by Crippen LogP contribution is 2.28. The van der Waals surface area contributed by atoms with Gasteiger partial charge in [-0.3, -0.25) is 4.79 Å². The SMILES string of the molecule is COCC1(CNC(=O)c2c(F)cccc2F)CCNCC1.Cl. The maximum Gasteiger partial charge on any atom is 0.257 e. The van der Waals surface area contributed by atoms with Crippen molar-refractivity contribution in [2.24, 2.45) is 5.41 Å². The highest BCUT2D eigenvalue weighted by Gasteiger charge is 2.33. The number of rotatable bonds is 5. The van der Waals surface area contributed by atoms with E-state index >= 15 is 0 Å². The zero-order valence-corrected chi connectivity index (χ0v) is 13.3. The van der Waals surface area contributed by atoms with E-state index in [0.717, 1.165) is 38.1 Å². The Morgan fingerprint density at radius 3 is 2.45 bits per heavy atom. The van der Waals surface area contributed by atoms with Crippen molar-refractivity contribution in [3.63, 3.8) is 0 Å². The lowest BCUT2D eigenvalue weighted by Crippen LogP contribution is -2.47. The van der Waals surface area contributed by atoms with Gasteiger partial charge in [0.2, 0.25) is 0 Å². The van der Waals surface area contributed by atoms with Crippen molar-refractivity contribution in [2.75, 3.05) is 33.4 Å². The first-order valence-corrected chi connectivity index (χ1v) is 7.00. The number of nitrogens with one attached hydrogen (secondary N) is 2. The molecule has 0 bridgehead atoms. The summed E-state index contributed by atoms with van der Waals surface area (Å²) in [6.07, 6.45) is 1.70. The lowest BCUT2D eigenvalue weighted by atomic mass is 9.79. The molecule has 1 heterocycles. The van der Waals surface area contributed by atoms with Crippen LogP contribution in [0.1, 0.15) is 23.2 Å². The number of piperidine rings is 1. The van der Waals surface area contributed by atoms with Gasteiger partial charge in [-0.15, -0.1) is 12.4 Å². The van der Waals surface area contributed by atoms with Crippen LogP contribution in [-0.2, 0) is 4.74 Å². The molecule has 0 aromatic heterocycles. The molecule has 124 valence electrons. The second-order valence-electron chi connectivity index (χ2n) is 5.46. The molecule has 0 saturated carbocycles. The van der Waals surface area contributed by atoms with E-state index in [1.807, 2.05) is 0 Å². The molecule has 4 nitrogen and oxygen atoms in total. The van der Waals surface area contributed by atoms with Crippen LogP contribution in [0.4, 0.5) is 8.78 Å². The Labute approximate surface area is 135 Å². The molecule has 7 heteroatoms. The van der Waals surface area contributed by atoms with Crippen LogP contribution in [0.3, 0.4) is 0 Å². The lowest BCUT2D eigenvalue weighted by molar-refractivity contribution is 0.0510. The van der Waals surface area contributed by atoms with Crippen LogP contribution in [0, 0.1) is 17.0 Å². The number of methoxy groups -OCH3 is 1. The number of ether oxygens (including phenoxy) is 1. The van der Waals surface area contributed by atoms with Gasteiger partial charge >= 0.3 is 0 Å². The predicted molar refractivity (Wildman–Crippen MR) is 82.4 cm³/mol. The summed E-state index contributed by atoms with van der Waals surface area (Å²) in [5.74, 6) is -2.42. The molecule has 0 atom stereocenters. The molecule has 1 amide bonds. The monoisotopic (exact) mass is 334 g/mol. The fourth-order valence-electron chi connectivity index (χ4n) is 2.71. The molecular weight excluding hydrogens is 314 g/mol. The molecule has 0 aliphatic carbocycles. The Morgan fingerprint density at radius 2 is 1.91 bits per heavy atom. The van der Waals surface area contributed by atoms with E-state index in [1.54, 1.807) is 7.11 Å². The molecule has 1 aliphatic heterocycles. The topological polar surface area (TPSA) is 50.4 Å². The van der Waals surface area contributed by atoms with Crippen molar-refractivity contribution in [1.29, 1.82) is 0 Å². The van der Waals surface area contributed by atoms with E-state index in [2.05, 4.69) is 10.6 Å². The molecule has 1 aliphatic rings. The summed E-state index contributed by atoms with van der Waals surface area (Å²) in [5.41, 5.74) is -0.712. The van der Waals surface area contributed by atoms with E-state index in [0.29, 0.717) is 13.2 Å². The van der Waals surface area contributed by atoms with Crippen molar-refractivity contribution in [1.82, 2.24) is 10.6 Å². The Bertz CT molecular complexity index is 483. The molecule has 2 rings (SSSR count). The molecule has 22 heavy (non-hydrogen) atoms. The smallest absolute Gasteiger partial charge is 0.257 e. The molecule has 0 unspecified atom stereocenters. The van der Waals surface area contributed by atoms with Gasteiger partial charge in [-0.05, 0) is 38.1 Å². The normalized spacial score (nSPS) is 16.7. The van der Waals surface area contributed by atoms with Gasteiger partial charge in [-0.1, -0.05) is 6.07 Å². The molecule has 1 saturated heterocycles. The number of halogens is 3. The largest absolute Gasteiger partial charge is 0.384 e. The highest BCUT2D eigenvalue weighted by molar-refractivity contribution is 5.94. The van der Waals surface area contributed by atoms with E-state index in [4.69, 9.17) is 4.74 Å². The number of carbonyl (C=O) groups is 1. The second-order valence-corrected chi connectivity index (χ2v) is 5.46. The molecule has 1 aromatic carbocycles. The maximum atomic E-state index is 13.6. The van der Waals surface area contributed by atoms with Crippen molar-refractivity contribution >= 4 is 18.3 Å². The zero-order valence-electron chi connectivity index (χ0n) is 12.5. The van der Waals surface area contributed by atoms with E-state index in [9.17, 15) is 13.6 Å². The number of benzene rings is 1. The zero-order chi connectivity index (χ0) is 15.3. The quantitative estimate of drug-likeness (QED) is 0.867. The molecule has 1 fully saturated rings. The third kappa shape index (κ3) is 4.38. The lowest BCUT2D eigenvalue weighted by Gasteiger charge is -2.37. The Hall–Kier alpha value is -1.24. The number of amides is 1. The fourth-order valence-corrected chi connectivity index (χ4v) is 2.71. The van der Waals surface area contributed by atoms with Gasteiger partial charge in [-0.2, -0.15) is 0 Å². The van der Waals surface area contributed by atoms with E-state index in [-0.39, 0.29) is 17.8 Å². The fraction of sp³-hybridized carbons (Fsp3) is 0.533. The van der Waals surface area contributed by atoms with Crippen LogP contribution in [0.15, 0.2) is 18.2 Å². The van der Waals surface area contributed by atoms with Gasteiger partial charge < -0.3 is 15.4 Å². The third-order valence-electron chi connectivity index (χ3n) is 3.93. The molecule has 0 spiro atoms. The highest BCUT2D eigenvalue weighted by atomic mass is 35.5. The van der Waals surface area contributed by atoms with Crippen molar-refractivity contribution < 1.29 is 18.3 Å². The van der Waals surface area contributed by atoms with Gasteiger partial charge in [-0.25, -0.2) is 8.78 Å². The van der Waals surface area contributed by atoms with Gasteiger partial charge in [0, 0.05) is 19.1 Å². The van der Waals surface area contributed by atoms with Crippen LogP contribution in [0.2, 0.25) is 0 Å². The first-order chi connectivity index (χ1) is 10.1. The number of hydrogen-bond donors (Lipinski definition) is 2. The van der Waals surface area contributed by atoms with Gasteiger partial charge in [0.15, 0.2) is 0 Å². The van der Waals surface area contributed by atoms with Gasteiger partial charge in [0.25, 0.3) is 5.91 Å². The summed E-state index contributed by atoms with van der Waals surface area (Å²) in [5, 5.41) is 5.90. The minimum atomic E-state index is -0.849. The van der Waals surface area contributed by atoms with E-state index in [1.165, 1.54) is 6.07 Å². The van der Waals surface area contributed by atoms with E-state index < -0.39 is 23.1 Å². The second kappa shape index (κ2) is 8.41. The summed E-state index contributed by atoms with van der Waals surface area (Å²) >= 11 is 0. The minimum Gasteiger partial charge on any atom is -0.384 e. The Balaban J connectivity index is 0.00000242. The summed E-state index contributed by atoms with van der Waals surface area (Å²) < 4.78 is 32.4. The number of hydrogen-bond acceptors (Lipinski definition) is 3. The van der Waals surface area contributed by atoms with Crippen molar-refractivity contribution in [3.05, 3.63) is 35.4 Å². The summed E-state index contributed by atoms with van der Waals surface area (Å²) in [7, 11) is 1.61. The minimum absolute atomic E-state index is 0. The van der Waals surface area contributed by atoms with Crippen LogP contribution in [0.25, 0.3) is 0 Å². The number of carbonyl (C=O) groups excluding carboxylic acids is 1. The average molecular weight is 335 g/mol. The molecule has 0 radical (unpaired) electrons. The summed E-state index contributed by atoms with van der Waals surface area (Å²) in [6, 6.07) is 3.39. The van der Waals surface area contributed by atoms with Crippen molar-refractivity contribution in [3.8, 4) is 0 Å². The standard InChI is InChI=1S/C15H20F2N2O2.ClH/c1-21-10-15(5-7-18-8-6-15)9-19-14(20)13-11(16)3-2-4-12(13)17;/h2-4,18H,5-10H2,1H3,(H,19,20);1H. The van der Waals surface area contributed by atoms with Crippen LogP contribution < -0.4 is 10.6 Å². The van der Waals surface area contributed by atoms with Crippen LogP contribution >= 0.6 is 12.4 Å². The Morgan fingerprint density at radius 1 is 1.32 bits per heavy atom. The van der Waals surface area contributed by atoms with Crippen LogP contribution in [0.5, 0.6) is 0 Å². The maximum absolute atomic E-state index is 13.6.